The Morgan fingerprint density at radius 1 is 1.35 bits per heavy atom. The van der Waals surface area contributed by atoms with E-state index < -0.39 is 11.8 Å². The molecule has 96 valence electrons. The van der Waals surface area contributed by atoms with Gasteiger partial charge in [0.2, 0.25) is 5.91 Å². The quantitative estimate of drug-likeness (QED) is 0.730. The number of carbonyl (C=O) groups excluding carboxylic acids is 1. The summed E-state index contributed by atoms with van der Waals surface area (Å²) >= 11 is 0. The summed E-state index contributed by atoms with van der Waals surface area (Å²) in [4.78, 5) is 13.4. The predicted octanol–water partition coefficient (Wildman–Crippen LogP) is 2.68. The number of carbonyl (C=O) groups is 1. The number of nitrogens with zero attached hydrogens (tertiary/aromatic N) is 1. The Kier molecular flexibility index (Phi) is 2.30. The third-order valence-electron chi connectivity index (χ3n) is 4.87. The minimum Gasteiger partial charge on any atom is -0.341 e. The minimum atomic E-state index is -2.71. The Morgan fingerprint density at radius 3 is 2.47 bits per heavy atom. The summed E-state index contributed by atoms with van der Waals surface area (Å²) in [5, 5.41) is 0. The molecular weight excluding hydrogens is 224 g/mol. The second kappa shape index (κ2) is 3.42. The van der Waals surface area contributed by atoms with Crippen molar-refractivity contribution in [2.45, 2.75) is 45.0 Å². The highest BCUT2D eigenvalue weighted by Crippen LogP contribution is 2.53. The highest BCUT2D eigenvalue weighted by molar-refractivity contribution is 5.83. The summed E-state index contributed by atoms with van der Waals surface area (Å²) in [6, 6.07) is 0. The zero-order valence-electron chi connectivity index (χ0n) is 10.2. The van der Waals surface area contributed by atoms with Gasteiger partial charge in [0.15, 0.2) is 0 Å². The van der Waals surface area contributed by atoms with Crippen LogP contribution in [0.1, 0.15) is 39.0 Å². The molecule has 2 unspecified atom stereocenters. The maximum absolute atomic E-state index is 12.8. The van der Waals surface area contributed by atoms with Crippen LogP contribution in [0.2, 0.25) is 0 Å². The van der Waals surface area contributed by atoms with Gasteiger partial charge in [-0.1, -0.05) is 13.3 Å². The van der Waals surface area contributed by atoms with E-state index >= 15 is 0 Å². The van der Waals surface area contributed by atoms with Gasteiger partial charge in [-0.3, -0.25) is 4.79 Å². The van der Waals surface area contributed by atoms with Gasteiger partial charge in [0, 0.05) is 24.9 Å². The lowest BCUT2D eigenvalue weighted by atomic mass is 9.77. The Hall–Kier alpha value is -0.670. The fourth-order valence-corrected chi connectivity index (χ4v) is 3.58. The first-order valence-corrected chi connectivity index (χ1v) is 6.62. The topological polar surface area (TPSA) is 20.3 Å². The average Bonchev–Trinajstić information content (AvgIpc) is 2.72. The summed E-state index contributed by atoms with van der Waals surface area (Å²) in [5.41, 5.74) is 0.292. The number of likely N-dealkylation sites (tertiary alicyclic amines) is 1. The second-order valence-electron chi connectivity index (χ2n) is 6.23. The molecule has 1 saturated heterocycles. The highest BCUT2D eigenvalue weighted by Gasteiger charge is 2.64. The fourth-order valence-electron chi connectivity index (χ4n) is 3.58. The standard InChI is InChI=1S/C13H19F2NO/c1-2-9-3-4-12(5-9)7-16(8-12)11(17)10-6-13(10,14)15/h9-10H,2-8H2,1H3. The molecule has 1 amide bonds. The van der Waals surface area contributed by atoms with Crippen molar-refractivity contribution in [2.75, 3.05) is 13.1 Å². The highest BCUT2D eigenvalue weighted by atomic mass is 19.3. The molecule has 2 atom stereocenters. The van der Waals surface area contributed by atoms with E-state index in [1.807, 2.05) is 0 Å². The summed E-state index contributed by atoms with van der Waals surface area (Å²) in [6.45, 7) is 3.67. The lowest BCUT2D eigenvalue weighted by Crippen LogP contribution is -2.58. The average molecular weight is 243 g/mol. The normalized spacial score (nSPS) is 37.0. The van der Waals surface area contributed by atoms with Crippen LogP contribution in [0.15, 0.2) is 0 Å². The summed E-state index contributed by atoms with van der Waals surface area (Å²) < 4.78 is 25.6. The van der Waals surface area contributed by atoms with Crippen LogP contribution in [-0.2, 0) is 4.79 Å². The largest absolute Gasteiger partial charge is 0.341 e. The van der Waals surface area contributed by atoms with E-state index in [9.17, 15) is 13.6 Å². The molecule has 0 N–H and O–H groups in total. The summed E-state index contributed by atoms with van der Waals surface area (Å²) in [6.07, 6.45) is 4.59. The van der Waals surface area contributed by atoms with Crippen molar-refractivity contribution in [1.29, 1.82) is 0 Å². The Bertz CT molecular complexity index is 349. The summed E-state index contributed by atoms with van der Waals surface area (Å²) in [7, 11) is 0. The molecule has 1 spiro atoms. The molecule has 3 aliphatic rings. The molecule has 0 radical (unpaired) electrons. The fraction of sp³-hybridized carbons (Fsp3) is 0.923. The number of amides is 1. The Morgan fingerprint density at radius 2 is 2.00 bits per heavy atom. The maximum atomic E-state index is 12.8. The van der Waals surface area contributed by atoms with Gasteiger partial charge in [-0.25, -0.2) is 8.78 Å². The van der Waals surface area contributed by atoms with E-state index in [0.717, 1.165) is 19.0 Å². The van der Waals surface area contributed by atoms with Gasteiger partial charge >= 0.3 is 0 Å². The minimum absolute atomic E-state index is 0.229. The maximum Gasteiger partial charge on any atom is 0.260 e. The molecule has 17 heavy (non-hydrogen) atoms. The number of hydrogen-bond acceptors (Lipinski definition) is 1. The van der Waals surface area contributed by atoms with E-state index in [4.69, 9.17) is 0 Å². The predicted molar refractivity (Wildman–Crippen MR) is 59.7 cm³/mol. The molecule has 0 aromatic rings. The SMILES string of the molecule is CCC1CCC2(C1)CN(C(=O)C1CC1(F)F)C2. The monoisotopic (exact) mass is 243 g/mol. The van der Waals surface area contributed by atoms with Gasteiger partial charge in [-0.05, 0) is 25.2 Å². The summed E-state index contributed by atoms with van der Waals surface area (Å²) in [5.74, 6) is -3.22. The van der Waals surface area contributed by atoms with Crippen molar-refractivity contribution in [3.63, 3.8) is 0 Å². The van der Waals surface area contributed by atoms with Crippen molar-refractivity contribution in [3.05, 3.63) is 0 Å². The molecule has 0 aromatic carbocycles. The van der Waals surface area contributed by atoms with Crippen molar-refractivity contribution in [3.8, 4) is 0 Å². The van der Waals surface area contributed by atoms with E-state index in [-0.39, 0.29) is 12.3 Å². The first-order chi connectivity index (χ1) is 7.96. The molecular formula is C13H19F2NO. The van der Waals surface area contributed by atoms with Gasteiger partial charge in [0.1, 0.15) is 5.92 Å². The number of rotatable bonds is 2. The lowest BCUT2D eigenvalue weighted by molar-refractivity contribution is -0.147. The van der Waals surface area contributed by atoms with Gasteiger partial charge < -0.3 is 4.90 Å². The zero-order chi connectivity index (χ0) is 12.3. The van der Waals surface area contributed by atoms with E-state index in [1.54, 1.807) is 4.90 Å². The van der Waals surface area contributed by atoms with Gasteiger partial charge in [0.05, 0.1) is 0 Å². The molecule has 2 aliphatic carbocycles. The van der Waals surface area contributed by atoms with Crippen LogP contribution < -0.4 is 0 Å². The van der Waals surface area contributed by atoms with E-state index in [0.29, 0.717) is 5.41 Å². The zero-order valence-corrected chi connectivity index (χ0v) is 10.2. The van der Waals surface area contributed by atoms with Gasteiger partial charge in [-0.2, -0.15) is 0 Å². The van der Waals surface area contributed by atoms with E-state index in [1.165, 1.54) is 25.7 Å². The smallest absolute Gasteiger partial charge is 0.260 e. The third kappa shape index (κ3) is 1.76. The van der Waals surface area contributed by atoms with Gasteiger partial charge in [0.25, 0.3) is 5.92 Å². The molecule has 2 nitrogen and oxygen atoms in total. The Balaban J connectivity index is 1.53. The molecule has 4 heteroatoms. The van der Waals surface area contributed by atoms with Crippen LogP contribution in [0.3, 0.4) is 0 Å². The third-order valence-corrected chi connectivity index (χ3v) is 4.87. The lowest BCUT2D eigenvalue weighted by Gasteiger charge is -2.48. The molecule has 3 fully saturated rings. The Labute approximate surface area is 100 Å². The van der Waals surface area contributed by atoms with Crippen LogP contribution in [0, 0.1) is 17.3 Å². The van der Waals surface area contributed by atoms with Crippen LogP contribution in [0.4, 0.5) is 8.78 Å². The van der Waals surface area contributed by atoms with Crippen molar-refractivity contribution in [1.82, 2.24) is 4.90 Å². The number of hydrogen-bond donors (Lipinski definition) is 0. The van der Waals surface area contributed by atoms with Crippen LogP contribution in [-0.4, -0.2) is 29.8 Å². The van der Waals surface area contributed by atoms with Crippen molar-refractivity contribution < 1.29 is 13.6 Å². The number of halogens is 2. The molecule has 2 saturated carbocycles. The first-order valence-electron chi connectivity index (χ1n) is 6.62. The molecule has 1 heterocycles. The molecule has 3 rings (SSSR count). The van der Waals surface area contributed by atoms with Crippen LogP contribution in [0.25, 0.3) is 0 Å². The molecule has 1 aliphatic heterocycles. The van der Waals surface area contributed by atoms with Crippen LogP contribution in [0.5, 0.6) is 0 Å². The molecule has 0 bridgehead atoms. The second-order valence-corrected chi connectivity index (χ2v) is 6.23. The van der Waals surface area contributed by atoms with Gasteiger partial charge in [-0.15, -0.1) is 0 Å². The first kappa shape index (κ1) is 11.4. The molecule has 0 aromatic heterocycles. The van der Waals surface area contributed by atoms with E-state index in [2.05, 4.69) is 6.92 Å². The van der Waals surface area contributed by atoms with Crippen molar-refractivity contribution in [2.24, 2.45) is 17.3 Å². The van der Waals surface area contributed by atoms with Crippen molar-refractivity contribution >= 4 is 5.91 Å². The number of alkyl halides is 2. The van der Waals surface area contributed by atoms with Crippen LogP contribution >= 0.6 is 0 Å².